The molecule has 102 valence electrons. The smallest absolute Gasteiger partial charge is 0.307 e. The van der Waals surface area contributed by atoms with Crippen molar-refractivity contribution in [3.8, 4) is 5.75 Å². The molecule has 19 heavy (non-hydrogen) atoms. The molecular weight excluding hydrogens is 246 g/mol. The van der Waals surface area contributed by atoms with Gasteiger partial charge in [-0.15, -0.1) is 0 Å². The van der Waals surface area contributed by atoms with Crippen LogP contribution in [-0.4, -0.2) is 22.1 Å². The van der Waals surface area contributed by atoms with Gasteiger partial charge in [0.15, 0.2) is 0 Å². The molecular formula is C14H17NO4. The Hall–Kier alpha value is -2.04. The van der Waals surface area contributed by atoms with Crippen molar-refractivity contribution in [2.24, 2.45) is 5.92 Å². The quantitative estimate of drug-likeness (QED) is 0.711. The molecule has 1 aromatic carbocycles. The molecule has 0 unspecified atom stereocenters. The van der Waals surface area contributed by atoms with E-state index in [0.717, 1.165) is 6.42 Å². The lowest BCUT2D eigenvalue weighted by atomic mass is 10.1. The highest BCUT2D eigenvalue weighted by Gasteiger charge is 2.45. The predicted octanol–water partition coefficient (Wildman–Crippen LogP) is 2.32. The van der Waals surface area contributed by atoms with Gasteiger partial charge in [0.05, 0.1) is 11.6 Å². The average Bonchev–Trinajstić information content (AvgIpc) is 3.12. The molecule has 5 nitrogen and oxygen atoms in total. The summed E-state index contributed by atoms with van der Waals surface area (Å²) < 4.78 is 0. The highest BCUT2D eigenvalue weighted by molar-refractivity contribution is 5.92. The third kappa shape index (κ3) is 2.86. The van der Waals surface area contributed by atoms with Gasteiger partial charge in [-0.3, -0.25) is 9.59 Å². The molecule has 2 atom stereocenters. The molecule has 2 rings (SSSR count). The number of phenols is 1. The second-order valence-corrected chi connectivity index (χ2v) is 4.83. The SMILES string of the molecule is CCCC(=O)Nc1cccc([C@@H]2C[C@H]2C(=O)O)c1O. The summed E-state index contributed by atoms with van der Waals surface area (Å²) in [6, 6.07) is 5.04. The van der Waals surface area contributed by atoms with Gasteiger partial charge in [0.2, 0.25) is 5.91 Å². The first-order chi connectivity index (χ1) is 9.04. The van der Waals surface area contributed by atoms with E-state index in [9.17, 15) is 14.7 Å². The van der Waals surface area contributed by atoms with Crippen LogP contribution >= 0.6 is 0 Å². The van der Waals surface area contributed by atoms with E-state index in [0.29, 0.717) is 24.1 Å². The summed E-state index contributed by atoms with van der Waals surface area (Å²) in [6.45, 7) is 1.90. The zero-order valence-corrected chi connectivity index (χ0v) is 10.7. The lowest BCUT2D eigenvalue weighted by molar-refractivity contribution is -0.138. The Kier molecular flexibility index (Phi) is 3.74. The first-order valence-corrected chi connectivity index (χ1v) is 6.39. The van der Waals surface area contributed by atoms with E-state index in [2.05, 4.69) is 5.32 Å². The number of benzene rings is 1. The standard InChI is InChI=1S/C14H17NO4/c1-2-4-12(16)15-11-6-3-5-8(13(11)17)9-7-10(9)14(18)19/h3,5-6,9-10,17H,2,4,7H2,1H3,(H,15,16)(H,18,19)/t9-,10+/m0/s1. The summed E-state index contributed by atoms with van der Waals surface area (Å²) in [5.74, 6) is -1.58. The molecule has 1 aliphatic carbocycles. The molecule has 0 aliphatic heterocycles. The van der Waals surface area contributed by atoms with E-state index in [1.807, 2.05) is 6.92 Å². The molecule has 0 radical (unpaired) electrons. The number of carbonyl (C=O) groups is 2. The summed E-state index contributed by atoms with van der Waals surface area (Å²) in [6.07, 6.45) is 1.66. The largest absolute Gasteiger partial charge is 0.505 e. The van der Waals surface area contributed by atoms with E-state index >= 15 is 0 Å². The fourth-order valence-corrected chi connectivity index (χ4v) is 2.21. The first-order valence-electron chi connectivity index (χ1n) is 6.39. The minimum atomic E-state index is -0.843. The minimum Gasteiger partial charge on any atom is -0.505 e. The number of hydrogen-bond acceptors (Lipinski definition) is 3. The first kappa shape index (κ1) is 13.4. The van der Waals surface area contributed by atoms with E-state index < -0.39 is 11.9 Å². The van der Waals surface area contributed by atoms with Crippen LogP contribution in [0.3, 0.4) is 0 Å². The number of nitrogens with one attached hydrogen (secondary N) is 1. The number of aromatic hydroxyl groups is 1. The van der Waals surface area contributed by atoms with Crippen molar-refractivity contribution in [1.82, 2.24) is 0 Å². The van der Waals surface area contributed by atoms with Gasteiger partial charge in [-0.05, 0) is 18.9 Å². The average molecular weight is 263 g/mol. The number of rotatable bonds is 5. The number of phenolic OH excluding ortho intramolecular Hbond substituents is 1. The van der Waals surface area contributed by atoms with Crippen LogP contribution < -0.4 is 5.32 Å². The molecule has 1 saturated carbocycles. The van der Waals surface area contributed by atoms with Crippen LogP contribution in [0.4, 0.5) is 5.69 Å². The predicted molar refractivity (Wildman–Crippen MR) is 70.1 cm³/mol. The number of para-hydroxylation sites is 1. The third-order valence-corrected chi connectivity index (χ3v) is 3.33. The van der Waals surface area contributed by atoms with Crippen LogP contribution in [0.5, 0.6) is 5.75 Å². The van der Waals surface area contributed by atoms with Gasteiger partial charge in [-0.1, -0.05) is 19.1 Å². The molecule has 0 aromatic heterocycles. The maximum Gasteiger partial charge on any atom is 0.307 e. The summed E-state index contributed by atoms with van der Waals surface area (Å²) in [7, 11) is 0. The fraction of sp³-hybridized carbons (Fsp3) is 0.429. The van der Waals surface area contributed by atoms with E-state index in [1.54, 1.807) is 18.2 Å². The Bertz CT molecular complexity index is 512. The topological polar surface area (TPSA) is 86.6 Å². The van der Waals surface area contributed by atoms with Crippen LogP contribution in [0.1, 0.15) is 37.7 Å². The van der Waals surface area contributed by atoms with E-state index in [4.69, 9.17) is 5.11 Å². The molecule has 1 aliphatic rings. The van der Waals surface area contributed by atoms with Crippen LogP contribution in [0, 0.1) is 5.92 Å². The van der Waals surface area contributed by atoms with Crippen molar-refractivity contribution >= 4 is 17.6 Å². The Balaban J connectivity index is 2.15. The van der Waals surface area contributed by atoms with Crippen LogP contribution in [0.15, 0.2) is 18.2 Å². The maximum atomic E-state index is 11.5. The molecule has 5 heteroatoms. The number of aliphatic carboxylic acids is 1. The van der Waals surface area contributed by atoms with Crippen molar-refractivity contribution in [3.05, 3.63) is 23.8 Å². The van der Waals surface area contributed by atoms with E-state index in [-0.39, 0.29) is 17.6 Å². The second-order valence-electron chi connectivity index (χ2n) is 4.83. The molecule has 1 amide bonds. The van der Waals surface area contributed by atoms with Crippen LogP contribution in [0.25, 0.3) is 0 Å². The Morgan fingerprint density at radius 3 is 2.74 bits per heavy atom. The highest BCUT2D eigenvalue weighted by Crippen LogP contribution is 2.51. The van der Waals surface area contributed by atoms with Gasteiger partial charge in [-0.2, -0.15) is 0 Å². The molecule has 0 saturated heterocycles. The number of amides is 1. The van der Waals surface area contributed by atoms with Crippen molar-refractivity contribution in [1.29, 1.82) is 0 Å². The third-order valence-electron chi connectivity index (χ3n) is 3.33. The zero-order valence-electron chi connectivity index (χ0n) is 10.7. The van der Waals surface area contributed by atoms with Crippen molar-refractivity contribution in [2.45, 2.75) is 32.1 Å². The molecule has 0 bridgehead atoms. The molecule has 1 aromatic rings. The van der Waals surface area contributed by atoms with Gasteiger partial charge in [0, 0.05) is 17.9 Å². The summed E-state index contributed by atoms with van der Waals surface area (Å²) in [4.78, 5) is 22.4. The number of hydrogen-bond donors (Lipinski definition) is 3. The highest BCUT2D eigenvalue weighted by atomic mass is 16.4. The van der Waals surface area contributed by atoms with Crippen LogP contribution in [0.2, 0.25) is 0 Å². The zero-order chi connectivity index (χ0) is 14.0. The Labute approximate surface area is 111 Å². The van der Waals surface area contributed by atoms with Gasteiger partial charge in [-0.25, -0.2) is 0 Å². The second kappa shape index (κ2) is 5.30. The van der Waals surface area contributed by atoms with Gasteiger partial charge >= 0.3 is 5.97 Å². The number of carboxylic acids is 1. The van der Waals surface area contributed by atoms with Gasteiger partial charge in [0.25, 0.3) is 0 Å². The summed E-state index contributed by atoms with van der Waals surface area (Å²) in [5.41, 5.74) is 0.952. The van der Waals surface area contributed by atoms with Gasteiger partial charge in [0.1, 0.15) is 5.75 Å². The summed E-state index contributed by atoms with van der Waals surface area (Å²) >= 11 is 0. The van der Waals surface area contributed by atoms with Gasteiger partial charge < -0.3 is 15.5 Å². The summed E-state index contributed by atoms with van der Waals surface area (Å²) in [5, 5.41) is 21.7. The monoisotopic (exact) mass is 263 g/mol. The number of carbonyl (C=O) groups excluding carboxylic acids is 1. The lowest BCUT2D eigenvalue weighted by Crippen LogP contribution is -2.11. The normalized spacial score (nSPS) is 20.9. The molecule has 0 spiro atoms. The molecule has 3 N–H and O–H groups in total. The number of carboxylic acid groups (broad SMARTS) is 1. The van der Waals surface area contributed by atoms with Crippen molar-refractivity contribution < 1.29 is 19.8 Å². The van der Waals surface area contributed by atoms with E-state index in [1.165, 1.54) is 0 Å². The molecule has 0 heterocycles. The number of anilines is 1. The molecule has 1 fully saturated rings. The maximum absolute atomic E-state index is 11.5. The van der Waals surface area contributed by atoms with Crippen molar-refractivity contribution in [3.63, 3.8) is 0 Å². The Morgan fingerprint density at radius 2 is 2.16 bits per heavy atom. The Morgan fingerprint density at radius 1 is 1.42 bits per heavy atom. The minimum absolute atomic E-state index is 0.0132. The van der Waals surface area contributed by atoms with Crippen LogP contribution in [-0.2, 0) is 9.59 Å². The van der Waals surface area contributed by atoms with Crippen molar-refractivity contribution in [2.75, 3.05) is 5.32 Å². The lowest BCUT2D eigenvalue weighted by Gasteiger charge is -2.10. The fourth-order valence-electron chi connectivity index (χ4n) is 2.21.